The molecule has 0 aliphatic heterocycles. The van der Waals surface area contributed by atoms with Crippen molar-refractivity contribution in [2.24, 2.45) is 0 Å². The Bertz CT molecular complexity index is 1270. The Balaban J connectivity index is 1.48. The van der Waals surface area contributed by atoms with Gasteiger partial charge in [-0.1, -0.05) is 37.3 Å². The number of aryl methyl sites for hydroxylation is 1. The highest BCUT2D eigenvalue weighted by atomic mass is 32.1. The summed E-state index contributed by atoms with van der Waals surface area (Å²) in [4.78, 5) is 36.5. The van der Waals surface area contributed by atoms with Crippen LogP contribution in [-0.2, 0) is 21.4 Å². The molecule has 3 aromatic rings. The first-order valence-electron chi connectivity index (χ1n) is 11.5. The van der Waals surface area contributed by atoms with Crippen molar-refractivity contribution < 1.29 is 14.0 Å². The van der Waals surface area contributed by atoms with Crippen molar-refractivity contribution in [3.8, 4) is 11.1 Å². The predicted molar refractivity (Wildman–Crippen MR) is 137 cm³/mol. The van der Waals surface area contributed by atoms with Gasteiger partial charge in [0.2, 0.25) is 11.8 Å². The fraction of sp³-hybridized carbons (Fsp3) is 0.308. The standard InChI is InChI=1S/C26H28FN5O2S/c1-4-20-16-29-25(35-20)31-24(34)26(10-11-26)19-8-5-7-17(13-19)18-14-21(27)23(28-15-18)30-22(33)9-6-12-32(2)3/h5-9,13-16H,4,10-12H2,1-3H3,(H,28,30,33)(H,29,31,34)/b9-6+. The summed E-state index contributed by atoms with van der Waals surface area (Å²) in [6.07, 6.45) is 8.71. The first-order chi connectivity index (χ1) is 16.8. The lowest BCUT2D eigenvalue weighted by Crippen LogP contribution is -2.27. The molecule has 2 heterocycles. The number of halogens is 1. The number of nitrogens with one attached hydrogen (secondary N) is 2. The molecule has 1 aromatic carbocycles. The molecule has 0 atom stereocenters. The van der Waals surface area contributed by atoms with Crippen LogP contribution in [0, 0.1) is 5.82 Å². The summed E-state index contributed by atoms with van der Waals surface area (Å²) in [5, 5.41) is 6.03. The minimum absolute atomic E-state index is 0.0728. The van der Waals surface area contributed by atoms with Gasteiger partial charge in [-0.3, -0.25) is 9.59 Å². The zero-order chi connectivity index (χ0) is 25.0. The third kappa shape index (κ3) is 5.80. The molecule has 7 nitrogen and oxygen atoms in total. The van der Waals surface area contributed by atoms with Gasteiger partial charge in [-0.2, -0.15) is 0 Å². The molecule has 2 amide bonds. The van der Waals surface area contributed by atoms with Crippen molar-refractivity contribution in [1.82, 2.24) is 14.9 Å². The molecule has 1 fully saturated rings. The summed E-state index contributed by atoms with van der Waals surface area (Å²) < 4.78 is 14.7. The molecule has 0 radical (unpaired) electrons. The molecule has 1 saturated carbocycles. The fourth-order valence-corrected chi connectivity index (χ4v) is 4.48. The van der Waals surface area contributed by atoms with E-state index in [1.54, 1.807) is 12.3 Å². The lowest BCUT2D eigenvalue weighted by Gasteiger charge is -2.16. The smallest absolute Gasteiger partial charge is 0.249 e. The maximum atomic E-state index is 14.7. The lowest BCUT2D eigenvalue weighted by molar-refractivity contribution is -0.118. The van der Waals surface area contributed by atoms with Crippen LogP contribution in [0.4, 0.5) is 15.3 Å². The van der Waals surface area contributed by atoms with Gasteiger partial charge >= 0.3 is 0 Å². The van der Waals surface area contributed by atoms with Crippen molar-refractivity contribution in [3.63, 3.8) is 0 Å². The number of carbonyl (C=O) groups is 2. The van der Waals surface area contributed by atoms with E-state index in [9.17, 15) is 14.0 Å². The summed E-state index contributed by atoms with van der Waals surface area (Å²) in [6.45, 7) is 2.65. The predicted octanol–water partition coefficient (Wildman–Crippen LogP) is 4.63. The maximum absolute atomic E-state index is 14.7. The van der Waals surface area contributed by atoms with Crippen molar-refractivity contribution >= 4 is 34.1 Å². The Labute approximate surface area is 208 Å². The van der Waals surface area contributed by atoms with Gasteiger partial charge in [0.1, 0.15) is 0 Å². The number of hydrogen-bond acceptors (Lipinski definition) is 6. The van der Waals surface area contributed by atoms with E-state index in [2.05, 4.69) is 27.5 Å². The quantitative estimate of drug-likeness (QED) is 0.425. The van der Waals surface area contributed by atoms with Crippen molar-refractivity contribution in [1.29, 1.82) is 0 Å². The number of pyridine rings is 1. The molecule has 182 valence electrons. The average molecular weight is 494 g/mol. The summed E-state index contributed by atoms with van der Waals surface area (Å²) in [6, 6.07) is 8.88. The average Bonchev–Trinajstić information content (AvgIpc) is 3.53. The fourth-order valence-electron chi connectivity index (χ4n) is 3.73. The van der Waals surface area contributed by atoms with Gasteiger partial charge < -0.3 is 15.5 Å². The minimum atomic E-state index is -0.628. The molecule has 2 N–H and O–H groups in total. The normalized spacial score (nSPS) is 14.3. The van der Waals surface area contributed by atoms with Gasteiger partial charge in [0.05, 0.1) is 5.41 Å². The van der Waals surface area contributed by atoms with E-state index in [0.29, 0.717) is 17.2 Å². The Morgan fingerprint density at radius 1 is 1.14 bits per heavy atom. The van der Waals surface area contributed by atoms with Crippen LogP contribution in [0.15, 0.2) is 54.9 Å². The Hall–Kier alpha value is -3.43. The maximum Gasteiger partial charge on any atom is 0.249 e. The second kappa shape index (κ2) is 10.5. The molecule has 0 unspecified atom stereocenters. The number of carbonyl (C=O) groups excluding carboxylic acids is 2. The first kappa shape index (κ1) is 24.7. The Morgan fingerprint density at radius 3 is 2.60 bits per heavy atom. The first-order valence-corrected chi connectivity index (χ1v) is 12.3. The molecule has 1 aliphatic rings. The molecule has 4 rings (SSSR count). The summed E-state index contributed by atoms with van der Waals surface area (Å²) >= 11 is 1.48. The monoisotopic (exact) mass is 493 g/mol. The van der Waals surface area contributed by atoms with E-state index in [1.807, 2.05) is 43.3 Å². The Kier molecular flexibility index (Phi) is 7.37. The number of thiazole rings is 1. The number of benzene rings is 1. The van der Waals surface area contributed by atoms with Crippen LogP contribution in [-0.4, -0.2) is 47.3 Å². The summed E-state index contributed by atoms with van der Waals surface area (Å²) in [5.74, 6) is -1.27. The lowest BCUT2D eigenvalue weighted by atomic mass is 9.92. The minimum Gasteiger partial charge on any atom is -0.306 e. The van der Waals surface area contributed by atoms with Crippen LogP contribution in [0.25, 0.3) is 11.1 Å². The van der Waals surface area contributed by atoms with Crippen molar-refractivity contribution in [2.75, 3.05) is 31.3 Å². The highest BCUT2D eigenvalue weighted by Gasteiger charge is 2.51. The molecule has 9 heteroatoms. The van der Waals surface area contributed by atoms with E-state index in [1.165, 1.54) is 29.7 Å². The van der Waals surface area contributed by atoms with Crippen molar-refractivity contribution in [3.05, 3.63) is 71.1 Å². The zero-order valence-corrected chi connectivity index (χ0v) is 20.8. The molecular formula is C26H28FN5O2S. The van der Waals surface area contributed by atoms with Crippen molar-refractivity contribution in [2.45, 2.75) is 31.6 Å². The van der Waals surface area contributed by atoms with E-state index in [-0.39, 0.29) is 11.7 Å². The molecule has 0 saturated heterocycles. The molecular weight excluding hydrogens is 465 g/mol. The second-order valence-electron chi connectivity index (χ2n) is 8.81. The Morgan fingerprint density at radius 2 is 1.94 bits per heavy atom. The van der Waals surface area contributed by atoms with Gasteiger partial charge in [0.25, 0.3) is 0 Å². The topological polar surface area (TPSA) is 87.2 Å². The number of anilines is 2. The number of nitrogens with zero attached hydrogens (tertiary/aromatic N) is 3. The molecule has 0 bridgehead atoms. The zero-order valence-electron chi connectivity index (χ0n) is 20.0. The van der Waals surface area contributed by atoms with Gasteiger partial charge in [0, 0.05) is 35.5 Å². The molecule has 1 aliphatic carbocycles. The van der Waals surface area contributed by atoms with Crippen LogP contribution in [0.1, 0.15) is 30.2 Å². The summed E-state index contributed by atoms with van der Waals surface area (Å²) in [7, 11) is 3.77. The summed E-state index contributed by atoms with van der Waals surface area (Å²) in [5.41, 5.74) is 1.59. The van der Waals surface area contributed by atoms with Gasteiger partial charge in [-0.05, 0) is 50.6 Å². The van der Waals surface area contributed by atoms with Crippen LogP contribution >= 0.6 is 11.3 Å². The number of aromatic nitrogens is 2. The number of amides is 2. The highest BCUT2D eigenvalue weighted by Crippen LogP contribution is 2.49. The number of rotatable bonds is 9. The number of likely N-dealkylation sites (N-methyl/N-ethyl adjacent to an activating group) is 1. The van der Waals surface area contributed by atoms with Gasteiger partial charge in [-0.25, -0.2) is 14.4 Å². The van der Waals surface area contributed by atoms with Crippen LogP contribution in [0.3, 0.4) is 0 Å². The largest absolute Gasteiger partial charge is 0.306 e. The van der Waals surface area contributed by atoms with Crippen LogP contribution in [0.5, 0.6) is 0 Å². The van der Waals surface area contributed by atoms with Gasteiger partial charge in [0.15, 0.2) is 16.8 Å². The molecule has 0 spiro atoms. The van der Waals surface area contributed by atoms with Crippen LogP contribution < -0.4 is 10.6 Å². The third-order valence-corrected chi connectivity index (χ3v) is 6.94. The van der Waals surface area contributed by atoms with E-state index in [0.717, 1.165) is 35.3 Å². The highest BCUT2D eigenvalue weighted by molar-refractivity contribution is 7.15. The van der Waals surface area contributed by atoms with E-state index in [4.69, 9.17) is 0 Å². The molecule has 35 heavy (non-hydrogen) atoms. The number of hydrogen-bond donors (Lipinski definition) is 2. The molecule has 2 aromatic heterocycles. The van der Waals surface area contributed by atoms with Crippen LogP contribution in [0.2, 0.25) is 0 Å². The third-order valence-electron chi connectivity index (χ3n) is 5.88. The SMILES string of the molecule is CCc1cnc(NC(=O)C2(c3cccc(-c4cnc(NC(=O)/C=C/CN(C)C)c(F)c4)c3)CC2)s1. The van der Waals surface area contributed by atoms with Gasteiger partial charge in [-0.15, -0.1) is 11.3 Å². The van der Waals surface area contributed by atoms with E-state index < -0.39 is 17.1 Å². The van der Waals surface area contributed by atoms with E-state index >= 15 is 0 Å². The second-order valence-corrected chi connectivity index (χ2v) is 9.93.